The molecule has 5 aliphatic rings. The van der Waals surface area contributed by atoms with Crippen molar-refractivity contribution in [1.29, 1.82) is 0 Å². The number of carbonyl (C=O) groups is 3. The number of amidine groups is 1. The van der Waals surface area contributed by atoms with E-state index >= 15 is 0 Å². The topological polar surface area (TPSA) is 421 Å². The van der Waals surface area contributed by atoms with Crippen molar-refractivity contribution in [3.05, 3.63) is 71.3 Å². The number of carbonyl (C=O) groups excluding carboxylic acids is 3. The van der Waals surface area contributed by atoms with Crippen molar-refractivity contribution in [2.45, 2.75) is 98.6 Å². The number of aliphatic hydroxyl groups excluding tert-OH is 6. The number of anilines is 3. The Morgan fingerprint density at radius 2 is 1.72 bits per heavy atom. The fourth-order valence-electron chi connectivity index (χ4n) is 9.37. The molecule has 0 aliphatic carbocycles. The number of β-amino-alcohol motifs (C(OH)–C–C–N with tert-alkyl or cyclic N) is 1. The van der Waals surface area contributed by atoms with Crippen LogP contribution in [-0.2, 0) is 32.0 Å². The zero-order chi connectivity index (χ0) is 51.8. The van der Waals surface area contributed by atoms with Gasteiger partial charge in [-0.05, 0) is 61.7 Å². The first-order chi connectivity index (χ1) is 34.0. The third-order valence-electron chi connectivity index (χ3n) is 12.9. The van der Waals surface area contributed by atoms with Gasteiger partial charge >= 0.3 is 21.7 Å². The first-order valence-corrected chi connectivity index (χ1v) is 26.0. The molecule has 1 spiro atoms. The number of phosphoric acid groups is 2. The molecule has 4 amide bonds. The lowest BCUT2D eigenvalue weighted by Crippen LogP contribution is -2.74. The molecule has 2 aromatic carbocycles. The summed E-state index contributed by atoms with van der Waals surface area (Å²) in [7, 11) is -11.2. The maximum absolute atomic E-state index is 14.6. The van der Waals surface area contributed by atoms with E-state index in [-0.39, 0.29) is 51.6 Å². The molecule has 2 aromatic heterocycles. The molecule has 3 saturated heterocycles. The van der Waals surface area contributed by atoms with Gasteiger partial charge in [-0.25, -0.2) is 39.7 Å². The van der Waals surface area contributed by atoms with E-state index in [0.29, 0.717) is 16.7 Å². The number of aliphatic hydroxyl groups is 6. The minimum absolute atomic E-state index is 0.0102. The summed E-state index contributed by atoms with van der Waals surface area (Å²) in [6.45, 7) is 2.42. The van der Waals surface area contributed by atoms with E-state index in [2.05, 4.69) is 45.7 Å². The van der Waals surface area contributed by atoms with Crippen molar-refractivity contribution in [2.24, 2.45) is 4.99 Å². The Morgan fingerprint density at radius 3 is 2.44 bits per heavy atom. The Morgan fingerprint density at radius 1 is 1.00 bits per heavy atom. The third-order valence-corrected chi connectivity index (χ3v) is 16.5. The van der Waals surface area contributed by atoms with Gasteiger partial charge in [0, 0.05) is 17.9 Å². The standard InChI is InChI=1S/C40H50N12O17P2S/c1-16-7-22-23(8-17(16)2)52-27(55)10-21(19-5-4-6-20(9-19)34(59)45-39-49-48-18(3)72-39)40(52)36(46-38(61)47-37(40)60)50(22)11-24(53)29(56)25(54)12-66-70(62,63)69-71(64,65)67-13-26-30(57)31(58)35(68-26)51-15-44-28-32(41)42-14-43-33(28)51/h4-9,14-15,18,21,24-27,29-31,35,39,48-49,53-58H,10-13H2,1-3H3,(H,45,59)(H,62,63)(H,64,65)(H2,41,42,43)(H,47,60,61)/t18?,21-,24+,25+,26-,27-,29-,30-,31-,35-,39?,40+/m1/s1. The number of nitrogen functional groups attached to an aromatic ring is 1. The molecule has 3 fully saturated rings. The second-order valence-corrected chi connectivity index (χ2v) is 22.0. The van der Waals surface area contributed by atoms with Crippen LogP contribution in [0.3, 0.4) is 0 Å². The molecule has 14 atom stereocenters. The zero-order valence-corrected chi connectivity index (χ0v) is 40.7. The summed E-state index contributed by atoms with van der Waals surface area (Å²) in [5.41, 5.74) is 12.0. The number of nitrogens with one attached hydrogen (secondary N) is 4. The van der Waals surface area contributed by atoms with Gasteiger partial charge in [-0.1, -0.05) is 12.1 Å². The van der Waals surface area contributed by atoms with Gasteiger partial charge in [-0.3, -0.25) is 28.5 Å². The first-order valence-electron chi connectivity index (χ1n) is 22.0. The maximum atomic E-state index is 14.6. The average molecular weight is 1060 g/mol. The highest BCUT2D eigenvalue weighted by atomic mass is 32.2. The molecule has 29 nitrogen and oxygen atoms in total. The van der Waals surface area contributed by atoms with Gasteiger partial charge in [0.1, 0.15) is 60.2 Å². The smallest absolute Gasteiger partial charge is 0.388 e. The van der Waals surface area contributed by atoms with Crippen molar-refractivity contribution in [2.75, 3.05) is 35.3 Å². The van der Waals surface area contributed by atoms with Crippen molar-refractivity contribution in [1.82, 2.24) is 41.0 Å². The van der Waals surface area contributed by atoms with Crippen LogP contribution in [0.2, 0.25) is 0 Å². The number of aliphatic imine (C=N–C) groups is 1. The molecule has 5 aliphatic heterocycles. The van der Waals surface area contributed by atoms with E-state index in [9.17, 15) is 63.9 Å². The van der Waals surface area contributed by atoms with Gasteiger partial charge in [0.2, 0.25) is 0 Å². The van der Waals surface area contributed by atoms with Gasteiger partial charge < -0.3 is 66.0 Å². The number of hydrogen-bond acceptors (Lipinski definition) is 24. The average Bonchev–Trinajstić information content (AvgIpc) is 4.09. The summed E-state index contributed by atoms with van der Waals surface area (Å²) >= 11 is 1.43. The van der Waals surface area contributed by atoms with Crippen molar-refractivity contribution >= 4 is 79.4 Å². The molecule has 7 heterocycles. The normalized spacial score (nSPS) is 29.9. The molecular weight excluding hydrogens is 1010 g/mol. The monoisotopic (exact) mass is 1060 g/mol. The van der Waals surface area contributed by atoms with E-state index in [0.717, 1.165) is 6.33 Å². The molecule has 14 N–H and O–H groups in total. The summed E-state index contributed by atoms with van der Waals surface area (Å²) in [5, 5.41) is 72.2. The molecule has 9 rings (SSSR count). The molecule has 0 saturated carbocycles. The van der Waals surface area contributed by atoms with E-state index in [1.807, 2.05) is 6.92 Å². The van der Waals surface area contributed by atoms with Crippen LogP contribution >= 0.6 is 27.4 Å². The number of amides is 4. The summed E-state index contributed by atoms with van der Waals surface area (Å²) in [4.78, 5) is 80.8. The second kappa shape index (κ2) is 19.6. The Labute approximate surface area is 411 Å². The number of rotatable bonds is 16. The van der Waals surface area contributed by atoms with Crippen LogP contribution in [0.4, 0.5) is 22.0 Å². The van der Waals surface area contributed by atoms with Crippen molar-refractivity contribution in [3.63, 3.8) is 0 Å². The highest BCUT2D eigenvalue weighted by Crippen LogP contribution is 2.61. The van der Waals surface area contributed by atoms with Gasteiger partial charge in [0.15, 0.2) is 29.1 Å². The number of hydrogen-bond donors (Lipinski definition) is 13. The number of aryl methyl sites for hydroxylation is 2. The fraction of sp³-hybridized carbons (Fsp3) is 0.475. The largest absolute Gasteiger partial charge is 0.481 e. The molecule has 0 bridgehead atoms. The van der Waals surface area contributed by atoms with Crippen LogP contribution < -0.4 is 37.0 Å². The molecule has 4 aromatic rings. The fourth-order valence-corrected chi connectivity index (χ4v) is 12.3. The Bertz CT molecular complexity index is 2940. The van der Waals surface area contributed by atoms with Gasteiger partial charge in [-0.2, -0.15) is 9.30 Å². The molecule has 388 valence electrons. The lowest BCUT2D eigenvalue weighted by atomic mass is 9.75. The van der Waals surface area contributed by atoms with Crippen LogP contribution in [0.5, 0.6) is 0 Å². The minimum atomic E-state index is -5.66. The second-order valence-electron chi connectivity index (χ2n) is 17.5. The molecule has 72 heavy (non-hydrogen) atoms. The first kappa shape index (κ1) is 51.8. The van der Waals surface area contributed by atoms with Crippen molar-refractivity contribution < 1.29 is 82.0 Å². The number of urea groups is 1. The predicted molar refractivity (Wildman–Crippen MR) is 250 cm³/mol. The maximum Gasteiger partial charge on any atom is 0.481 e. The number of phosphoric ester groups is 2. The Hall–Kier alpha value is -5.08. The number of aromatic nitrogens is 4. The minimum Gasteiger partial charge on any atom is -0.388 e. The van der Waals surface area contributed by atoms with Gasteiger partial charge in [0.25, 0.3) is 11.8 Å². The zero-order valence-electron chi connectivity index (χ0n) is 38.1. The lowest BCUT2D eigenvalue weighted by Gasteiger charge is -2.52. The molecule has 0 radical (unpaired) electrons. The van der Waals surface area contributed by atoms with E-state index < -0.39 is 119 Å². The SMILES string of the molecule is Cc1cc2c(cc1C)N1[C@H](O)C[C@H](c3cccc(C(=O)NC4NNC(C)S4)c3)[C@]13C(=O)NC(=O)N=C3N2C[C@H](O)[C@@H](O)[C@@H](O)COP(=O)(O)OP(=O)(O)OC[C@H]1O[C@@H](n2cnc3c(N)ncnc32)[C@H](O)[C@@H]1O. The highest BCUT2D eigenvalue weighted by Gasteiger charge is 2.67. The van der Waals surface area contributed by atoms with Crippen LogP contribution in [-0.4, -0.2) is 163 Å². The number of imidazole rings is 1. The van der Waals surface area contributed by atoms with E-state index in [4.69, 9.17) is 19.5 Å². The molecule has 32 heteroatoms. The summed E-state index contributed by atoms with van der Waals surface area (Å²) < 4.78 is 46.4. The quantitative estimate of drug-likeness (QED) is 0.0562. The number of ether oxygens (including phenoxy) is 1. The summed E-state index contributed by atoms with van der Waals surface area (Å²) in [6.07, 6.45) is -12.0. The summed E-state index contributed by atoms with van der Waals surface area (Å²) in [5.74, 6) is -2.65. The predicted octanol–water partition coefficient (Wildman–Crippen LogP) is -1.60. The number of nitrogens with two attached hydrogens (primary N) is 1. The van der Waals surface area contributed by atoms with E-state index in [1.54, 1.807) is 50.2 Å². The number of imide groups is 1. The van der Waals surface area contributed by atoms with Crippen LogP contribution in [0.1, 0.15) is 52.5 Å². The number of nitrogens with zero attached hydrogens (tertiary/aromatic N) is 7. The number of fused-ring (bicyclic) bond motifs is 3. The Balaban J connectivity index is 0.897. The van der Waals surface area contributed by atoms with Gasteiger partial charge in [-0.15, -0.1) is 11.8 Å². The van der Waals surface area contributed by atoms with E-state index in [1.165, 1.54) is 32.5 Å². The Kier molecular flexibility index (Phi) is 14.1. The number of benzene rings is 2. The number of thioether (sulfide) groups is 1. The van der Waals surface area contributed by atoms with Crippen LogP contribution in [0, 0.1) is 13.8 Å². The third kappa shape index (κ3) is 9.52. The number of hydrazine groups is 1. The van der Waals surface area contributed by atoms with Gasteiger partial charge in [0.05, 0.1) is 42.8 Å². The molecular formula is C40H50N12O17P2S. The lowest BCUT2D eigenvalue weighted by molar-refractivity contribution is -0.123. The summed E-state index contributed by atoms with van der Waals surface area (Å²) in [6, 6.07) is 8.59. The van der Waals surface area contributed by atoms with Crippen molar-refractivity contribution in [3.8, 4) is 0 Å². The molecule has 4 unspecified atom stereocenters. The highest BCUT2D eigenvalue weighted by molar-refractivity contribution is 8.00. The van der Waals surface area contributed by atoms with Crippen LogP contribution in [0.25, 0.3) is 11.2 Å². The van der Waals surface area contributed by atoms with Crippen LogP contribution in [0.15, 0.2) is 54.0 Å².